The lowest BCUT2D eigenvalue weighted by molar-refractivity contribution is 0.189. The average molecular weight is 332 g/mol. The van der Waals surface area contributed by atoms with Gasteiger partial charge in [-0.2, -0.15) is 0 Å². The van der Waals surface area contributed by atoms with Crippen LogP contribution in [0.1, 0.15) is 67.6 Å². The Morgan fingerprint density at radius 3 is 2.88 bits per heavy atom. The largest absolute Gasteiger partial charge is 0.394 e. The van der Waals surface area contributed by atoms with E-state index < -0.39 is 0 Å². The van der Waals surface area contributed by atoms with E-state index >= 15 is 0 Å². The molecule has 0 radical (unpaired) electrons. The quantitative estimate of drug-likeness (QED) is 0.751. The number of hydrogen-bond donors (Lipinski definition) is 2. The maximum Gasteiger partial charge on any atom is 0.0611 e. The number of benzene rings is 1. The van der Waals surface area contributed by atoms with Crippen LogP contribution in [0.3, 0.4) is 0 Å². The third-order valence-electron chi connectivity index (χ3n) is 6.20. The highest BCUT2D eigenvalue weighted by molar-refractivity contribution is 5.36. The molecule has 0 spiro atoms. The van der Waals surface area contributed by atoms with Gasteiger partial charge >= 0.3 is 0 Å². The number of aliphatic hydroxyl groups excluding tert-OH is 1. The van der Waals surface area contributed by atoms with Crippen LogP contribution in [0, 0.1) is 5.92 Å². The van der Waals surface area contributed by atoms with E-state index in [-0.39, 0.29) is 12.1 Å². The number of methoxy groups -OCH3 is 1. The van der Waals surface area contributed by atoms with Crippen molar-refractivity contribution in [3.63, 3.8) is 0 Å². The second-order valence-corrected chi connectivity index (χ2v) is 8.09. The van der Waals surface area contributed by atoms with Crippen LogP contribution in [0.2, 0.25) is 0 Å². The van der Waals surface area contributed by atoms with E-state index in [1.165, 1.54) is 44.1 Å². The Kier molecular flexibility index (Phi) is 5.96. The Balaban J connectivity index is 1.58. The minimum atomic E-state index is -0.353. The van der Waals surface area contributed by atoms with Gasteiger partial charge in [0.05, 0.1) is 6.61 Å². The number of rotatable bonds is 7. The maximum absolute atomic E-state index is 9.48. The molecule has 0 heterocycles. The van der Waals surface area contributed by atoms with E-state index in [0.717, 1.165) is 31.8 Å². The molecule has 0 aliphatic heterocycles. The summed E-state index contributed by atoms with van der Waals surface area (Å²) in [4.78, 5) is 0. The van der Waals surface area contributed by atoms with Gasteiger partial charge in [-0.1, -0.05) is 31.0 Å². The summed E-state index contributed by atoms with van der Waals surface area (Å²) >= 11 is 0. The van der Waals surface area contributed by atoms with E-state index in [2.05, 4.69) is 18.2 Å². The van der Waals surface area contributed by atoms with Gasteiger partial charge in [-0.3, -0.25) is 0 Å². The van der Waals surface area contributed by atoms with E-state index in [1.807, 2.05) is 0 Å². The van der Waals surface area contributed by atoms with Crippen molar-refractivity contribution in [3.8, 4) is 0 Å². The van der Waals surface area contributed by atoms with Gasteiger partial charge in [0.15, 0.2) is 0 Å². The molecule has 24 heavy (non-hydrogen) atoms. The summed E-state index contributed by atoms with van der Waals surface area (Å²) in [7, 11) is 1.79. The number of unbranched alkanes of at least 4 members (excludes halogenated alkanes) is 1. The minimum absolute atomic E-state index is 0.110. The standard InChI is InChI=1S/C21H33NO2/c1-24-11-3-2-4-16-5-6-18-13-19(8-7-17(18)12-16)20-9-10-21(22,14-20)15-23/h7-8,13,16,20,23H,2-6,9-12,14-15,22H2,1H3/t16?,20-,21+/m0/s1. The van der Waals surface area contributed by atoms with Crippen LogP contribution in [0.5, 0.6) is 0 Å². The first kappa shape index (κ1) is 17.9. The molecule has 2 aliphatic rings. The van der Waals surface area contributed by atoms with Crippen LogP contribution >= 0.6 is 0 Å². The Labute approximate surface area is 146 Å². The third-order valence-corrected chi connectivity index (χ3v) is 6.20. The van der Waals surface area contributed by atoms with Crippen molar-refractivity contribution in [1.82, 2.24) is 0 Å². The number of aryl methyl sites for hydroxylation is 1. The molecule has 0 amide bonds. The number of fused-ring (bicyclic) bond motifs is 1. The summed E-state index contributed by atoms with van der Waals surface area (Å²) in [5, 5.41) is 9.48. The molecule has 2 aliphatic carbocycles. The summed E-state index contributed by atoms with van der Waals surface area (Å²) in [6, 6.07) is 7.12. The molecule has 1 unspecified atom stereocenters. The van der Waals surface area contributed by atoms with E-state index in [1.54, 1.807) is 18.2 Å². The van der Waals surface area contributed by atoms with Crippen molar-refractivity contribution in [2.24, 2.45) is 11.7 Å². The SMILES string of the molecule is COCCCCC1CCc2cc([C@H]3CC[C@](N)(CO)C3)ccc2C1. The van der Waals surface area contributed by atoms with Crippen molar-refractivity contribution in [3.05, 3.63) is 34.9 Å². The summed E-state index contributed by atoms with van der Waals surface area (Å²) in [5.74, 6) is 1.37. The second-order valence-electron chi connectivity index (χ2n) is 8.09. The van der Waals surface area contributed by atoms with Gasteiger partial charge < -0.3 is 15.6 Å². The lowest BCUT2D eigenvalue weighted by Crippen LogP contribution is -2.40. The molecule has 134 valence electrons. The Morgan fingerprint density at radius 1 is 1.25 bits per heavy atom. The van der Waals surface area contributed by atoms with Gasteiger partial charge in [-0.15, -0.1) is 0 Å². The van der Waals surface area contributed by atoms with E-state index in [0.29, 0.717) is 5.92 Å². The lowest BCUT2D eigenvalue weighted by atomic mass is 9.80. The summed E-state index contributed by atoms with van der Waals surface area (Å²) < 4.78 is 5.15. The van der Waals surface area contributed by atoms with Gasteiger partial charge in [0.25, 0.3) is 0 Å². The van der Waals surface area contributed by atoms with Crippen LogP contribution < -0.4 is 5.73 Å². The Morgan fingerprint density at radius 2 is 2.12 bits per heavy atom. The molecular weight excluding hydrogens is 298 g/mol. The first-order valence-corrected chi connectivity index (χ1v) is 9.64. The molecule has 1 fully saturated rings. The predicted octanol–water partition coefficient (Wildman–Crippen LogP) is 3.57. The normalized spacial score (nSPS) is 29.6. The van der Waals surface area contributed by atoms with Crippen molar-refractivity contribution < 1.29 is 9.84 Å². The molecule has 0 aromatic heterocycles. The van der Waals surface area contributed by atoms with Gasteiger partial charge in [-0.25, -0.2) is 0 Å². The van der Waals surface area contributed by atoms with Crippen molar-refractivity contribution in [1.29, 1.82) is 0 Å². The van der Waals surface area contributed by atoms with Crippen LogP contribution in [0.25, 0.3) is 0 Å². The van der Waals surface area contributed by atoms with Crippen LogP contribution in [0.4, 0.5) is 0 Å². The summed E-state index contributed by atoms with van der Waals surface area (Å²) in [6.07, 6.45) is 10.6. The van der Waals surface area contributed by atoms with E-state index in [9.17, 15) is 5.11 Å². The number of aliphatic hydroxyl groups is 1. The number of hydrogen-bond acceptors (Lipinski definition) is 3. The molecule has 3 N–H and O–H groups in total. The Bertz CT molecular complexity index is 545. The van der Waals surface area contributed by atoms with Crippen molar-refractivity contribution in [2.45, 2.75) is 69.2 Å². The zero-order chi connectivity index (χ0) is 17.0. The molecule has 1 aromatic carbocycles. The monoisotopic (exact) mass is 331 g/mol. The zero-order valence-corrected chi connectivity index (χ0v) is 15.1. The van der Waals surface area contributed by atoms with Gasteiger partial charge in [0.1, 0.15) is 0 Å². The Hall–Kier alpha value is -0.900. The smallest absolute Gasteiger partial charge is 0.0611 e. The number of nitrogens with two attached hydrogens (primary N) is 1. The lowest BCUT2D eigenvalue weighted by Gasteiger charge is -2.26. The molecule has 0 saturated heterocycles. The average Bonchev–Trinajstić information content (AvgIpc) is 3.01. The highest BCUT2D eigenvalue weighted by atomic mass is 16.5. The first-order chi connectivity index (χ1) is 11.6. The summed E-state index contributed by atoms with van der Waals surface area (Å²) in [6.45, 7) is 1.00. The van der Waals surface area contributed by atoms with Crippen LogP contribution in [0.15, 0.2) is 18.2 Å². The fourth-order valence-corrected chi connectivity index (χ4v) is 4.61. The first-order valence-electron chi connectivity index (χ1n) is 9.64. The van der Waals surface area contributed by atoms with Gasteiger partial charge in [-0.05, 0) is 73.5 Å². The van der Waals surface area contributed by atoms with Crippen molar-refractivity contribution >= 4 is 0 Å². The fraction of sp³-hybridized carbons (Fsp3) is 0.714. The van der Waals surface area contributed by atoms with Gasteiger partial charge in [0.2, 0.25) is 0 Å². The van der Waals surface area contributed by atoms with Crippen LogP contribution in [-0.4, -0.2) is 31.0 Å². The third kappa shape index (κ3) is 4.19. The van der Waals surface area contributed by atoms with Gasteiger partial charge in [0, 0.05) is 19.3 Å². The molecule has 3 atom stereocenters. The molecular formula is C21H33NO2. The maximum atomic E-state index is 9.48. The fourth-order valence-electron chi connectivity index (χ4n) is 4.61. The van der Waals surface area contributed by atoms with E-state index in [4.69, 9.17) is 10.5 Å². The zero-order valence-electron chi connectivity index (χ0n) is 15.1. The molecule has 0 bridgehead atoms. The second kappa shape index (κ2) is 7.99. The molecule has 3 nitrogen and oxygen atoms in total. The molecule has 3 rings (SSSR count). The number of ether oxygens (including phenoxy) is 1. The molecule has 1 saturated carbocycles. The topological polar surface area (TPSA) is 55.5 Å². The minimum Gasteiger partial charge on any atom is -0.394 e. The summed E-state index contributed by atoms with van der Waals surface area (Å²) in [5.41, 5.74) is 10.4. The van der Waals surface area contributed by atoms with Crippen molar-refractivity contribution in [2.75, 3.05) is 20.3 Å². The molecule has 3 heteroatoms. The highest BCUT2D eigenvalue weighted by Gasteiger charge is 2.36. The predicted molar refractivity (Wildman–Crippen MR) is 98.3 cm³/mol. The molecule has 1 aromatic rings. The highest BCUT2D eigenvalue weighted by Crippen LogP contribution is 2.40. The van der Waals surface area contributed by atoms with Crippen LogP contribution in [-0.2, 0) is 17.6 Å².